The van der Waals surface area contributed by atoms with E-state index in [1.54, 1.807) is 0 Å². The molecule has 3 nitrogen and oxygen atoms in total. The molecule has 0 radical (unpaired) electrons. The molecule has 0 heterocycles. The summed E-state index contributed by atoms with van der Waals surface area (Å²) in [5, 5.41) is 0. The van der Waals surface area contributed by atoms with Gasteiger partial charge < -0.3 is 17.2 Å². The van der Waals surface area contributed by atoms with Gasteiger partial charge in [0.05, 0.1) is 5.66 Å². The van der Waals surface area contributed by atoms with Crippen LogP contribution in [-0.4, -0.2) is 11.7 Å². The number of nitrogens with two attached hydrogens (primary N) is 3. The van der Waals surface area contributed by atoms with Crippen LogP contribution in [0.4, 0.5) is 0 Å². The van der Waals surface area contributed by atoms with Gasteiger partial charge >= 0.3 is 0 Å². The summed E-state index contributed by atoms with van der Waals surface area (Å²) in [6.07, 6.45) is 4.99. The summed E-state index contributed by atoms with van der Waals surface area (Å²) in [5.74, 6) is 0.776. The SMILES string of the molecule is C[C@H](N)C(N)(N)C1(C2CC2)CC1. The molecule has 0 aromatic carbocycles. The van der Waals surface area contributed by atoms with Crippen molar-refractivity contribution < 1.29 is 0 Å². The fraction of sp³-hybridized carbons (Fsp3) is 1.00. The van der Waals surface area contributed by atoms with Gasteiger partial charge in [0.2, 0.25) is 0 Å². The van der Waals surface area contributed by atoms with E-state index < -0.39 is 5.66 Å². The molecule has 0 amide bonds. The van der Waals surface area contributed by atoms with Gasteiger partial charge in [-0.25, -0.2) is 0 Å². The highest BCUT2D eigenvalue weighted by Gasteiger charge is 2.64. The van der Waals surface area contributed by atoms with Crippen molar-refractivity contribution in [2.75, 3.05) is 0 Å². The molecule has 2 rings (SSSR count). The zero-order chi connectivity index (χ0) is 8.98. The van der Waals surface area contributed by atoms with E-state index in [0.717, 1.165) is 5.92 Å². The van der Waals surface area contributed by atoms with Crippen molar-refractivity contribution in [3.8, 4) is 0 Å². The smallest absolute Gasteiger partial charge is 0.0849 e. The van der Waals surface area contributed by atoms with E-state index in [1.807, 2.05) is 6.92 Å². The average molecular weight is 169 g/mol. The van der Waals surface area contributed by atoms with Crippen molar-refractivity contribution in [3.05, 3.63) is 0 Å². The molecular weight excluding hydrogens is 150 g/mol. The molecule has 0 bridgehead atoms. The van der Waals surface area contributed by atoms with Gasteiger partial charge in [0.1, 0.15) is 0 Å². The fourth-order valence-corrected chi connectivity index (χ4v) is 2.42. The quantitative estimate of drug-likeness (QED) is 0.526. The van der Waals surface area contributed by atoms with Gasteiger partial charge in [-0.15, -0.1) is 0 Å². The minimum absolute atomic E-state index is 0.0967. The van der Waals surface area contributed by atoms with E-state index in [1.165, 1.54) is 25.7 Å². The second-order valence-corrected chi connectivity index (χ2v) is 4.65. The van der Waals surface area contributed by atoms with Crippen molar-refractivity contribution >= 4 is 0 Å². The Balaban J connectivity index is 2.15. The van der Waals surface area contributed by atoms with Crippen LogP contribution in [0, 0.1) is 11.3 Å². The van der Waals surface area contributed by atoms with E-state index in [2.05, 4.69) is 0 Å². The molecule has 6 N–H and O–H groups in total. The second kappa shape index (κ2) is 2.22. The molecule has 0 aromatic rings. The molecule has 2 fully saturated rings. The lowest BCUT2D eigenvalue weighted by Gasteiger charge is -2.38. The third-order valence-corrected chi connectivity index (χ3v) is 3.76. The van der Waals surface area contributed by atoms with Crippen LogP contribution in [0.2, 0.25) is 0 Å². The van der Waals surface area contributed by atoms with E-state index in [4.69, 9.17) is 17.2 Å². The summed E-state index contributed by atoms with van der Waals surface area (Å²) in [5.41, 5.74) is 17.6. The molecule has 1 atom stereocenters. The number of hydrogen-bond donors (Lipinski definition) is 3. The summed E-state index contributed by atoms with van der Waals surface area (Å²) in [4.78, 5) is 0. The normalized spacial score (nSPS) is 30.0. The van der Waals surface area contributed by atoms with Gasteiger partial charge in [-0.3, -0.25) is 0 Å². The van der Waals surface area contributed by atoms with Crippen LogP contribution in [0.25, 0.3) is 0 Å². The van der Waals surface area contributed by atoms with Gasteiger partial charge in [-0.2, -0.15) is 0 Å². The van der Waals surface area contributed by atoms with Crippen molar-refractivity contribution in [2.45, 2.75) is 44.3 Å². The summed E-state index contributed by atoms with van der Waals surface area (Å²) < 4.78 is 0. The highest BCUT2D eigenvalue weighted by molar-refractivity contribution is 5.17. The van der Waals surface area contributed by atoms with Crippen molar-refractivity contribution in [2.24, 2.45) is 28.5 Å². The lowest BCUT2D eigenvalue weighted by atomic mass is 9.81. The van der Waals surface area contributed by atoms with Gasteiger partial charge in [0.25, 0.3) is 0 Å². The van der Waals surface area contributed by atoms with Gasteiger partial charge in [-0.05, 0) is 38.5 Å². The third-order valence-electron chi connectivity index (χ3n) is 3.76. The van der Waals surface area contributed by atoms with Crippen LogP contribution in [-0.2, 0) is 0 Å². The van der Waals surface area contributed by atoms with E-state index in [-0.39, 0.29) is 11.5 Å². The molecule has 70 valence electrons. The zero-order valence-electron chi connectivity index (χ0n) is 7.72. The Morgan fingerprint density at radius 2 is 1.83 bits per heavy atom. The Kier molecular flexibility index (Phi) is 1.57. The highest BCUT2D eigenvalue weighted by Crippen LogP contribution is 2.65. The largest absolute Gasteiger partial charge is 0.325 e. The molecule has 12 heavy (non-hydrogen) atoms. The maximum absolute atomic E-state index is 6.09. The molecule has 0 aliphatic heterocycles. The van der Waals surface area contributed by atoms with Crippen molar-refractivity contribution in [1.29, 1.82) is 0 Å². The van der Waals surface area contributed by atoms with Crippen LogP contribution in [0.15, 0.2) is 0 Å². The van der Waals surface area contributed by atoms with Crippen LogP contribution >= 0.6 is 0 Å². The van der Waals surface area contributed by atoms with E-state index in [0.29, 0.717) is 0 Å². The highest BCUT2D eigenvalue weighted by atomic mass is 15.1. The predicted octanol–water partition coefficient (Wildman–Crippen LogP) is 0.137. The van der Waals surface area contributed by atoms with E-state index >= 15 is 0 Å². The second-order valence-electron chi connectivity index (χ2n) is 4.65. The molecule has 0 aromatic heterocycles. The van der Waals surface area contributed by atoms with Crippen molar-refractivity contribution in [3.63, 3.8) is 0 Å². The Bertz CT molecular complexity index is 188. The lowest BCUT2D eigenvalue weighted by Crippen LogP contribution is -2.67. The molecule has 2 aliphatic carbocycles. The fourth-order valence-electron chi connectivity index (χ4n) is 2.42. The van der Waals surface area contributed by atoms with Crippen molar-refractivity contribution in [1.82, 2.24) is 0 Å². The Morgan fingerprint density at radius 1 is 1.33 bits per heavy atom. The van der Waals surface area contributed by atoms with Crippen LogP contribution in [0.1, 0.15) is 32.6 Å². The minimum Gasteiger partial charge on any atom is -0.325 e. The Hall–Kier alpha value is -0.120. The molecular formula is C9H19N3. The van der Waals surface area contributed by atoms with Gasteiger partial charge in [0, 0.05) is 11.5 Å². The molecule has 2 saturated carbocycles. The van der Waals surface area contributed by atoms with Crippen LogP contribution in [0.3, 0.4) is 0 Å². The minimum atomic E-state index is -0.631. The third kappa shape index (κ3) is 0.934. The first-order chi connectivity index (χ1) is 5.51. The first kappa shape index (κ1) is 8.48. The zero-order valence-corrected chi connectivity index (χ0v) is 7.72. The van der Waals surface area contributed by atoms with E-state index in [9.17, 15) is 0 Å². The summed E-state index contributed by atoms with van der Waals surface area (Å²) in [6.45, 7) is 1.92. The summed E-state index contributed by atoms with van der Waals surface area (Å²) >= 11 is 0. The standard InChI is InChI=1S/C9H19N3/c1-6(10)9(11,12)8(4-5-8)7-2-3-7/h6-7H,2-5,10-12H2,1H3/t6-/m0/s1. The maximum Gasteiger partial charge on any atom is 0.0849 e. The van der Waals surface area contributed by atoms with Crippen LogP contribution < -0.4 is 17.2 Å². The first-order valence-electron chi connectivity index (χ1n) is 4.84. The maximum atomic E-state index is 6.09. The predicted molar refractivity (Wildman–Crippen MR) is 49.1 cm³/mol. The van der Waals surface area contributed by atoms with Crippen LogP contribution in [0.5, 0.6) is 0 Å². The Morgan fingerprint density at radius 3 is 2.08 bits per heavy atom. The number of rotatable bonds is 3. The molecule has 3 heteroatoms. The molecule has 2 aliphatic rings. The summed E-state index contributed by atoms with van der Waals surface area (Å²) in [7, 11) is 0. The Labute approximate surface area is 73.7 Å². The topological polar surface area (TPSA) is 78.1 Å². The van der Waals surface area contributed by atoms with Gasteiger partial charge in [0.15, 0.2) is 0 Å². The van der Waals surface area contributed by atoms with Gasteiger partial charge in [-0.1, -0.05) is 0 Å². The average Bonchev–Trinajstić information content (AvgIpc) is 2.82. The molecule has 0 unspecified atom stereocenters. The monoisotopic (exact) mass is 169 g/mol. The first-order valence-corrected chi connectivity index (χ1v) is 4.84. The lowest BCUT2D eigenvalue weighted by molar-refractivity contribution is 0.188. The molecule has 0 spiro atoms. The summed E-state index contributed by atoms with van der Waals surface area (Å²) in [6, 6.07) is -0.0967. The number of hydrogen-bond acceptors (Lipinski definition) is 3. The molecule has 0 saturated heterocycles.